The molecule has 5 nitrogen and oxygen atoms in total. The standard InChI is InChI=1S/C26H26Cl2N2O3S/c1-6-30-24(33-25(32)17-8-7-16(27)12-20(17)28)19(13-29-30)22(31)18-11-14(2)23-21(15(18)3)26(4,5)9-10-34-23/h7-8,11-13H,6,9-10H2,1-5H3. The monoisotopic (exact) mass is 516 g/mol. The molecule has 0 bridgehead atoms. The van der Waals surface area contributed by atoms with Gasteiger partial charge in [-0.1, -0.05) is 37.0 Å². The van der Waals surface area contributed by atoms with Crippen molar-refractivity contribution in [3.8, 4) is 5.88 Å². The van der Waals surface area contributed by atoms with Crippen molar-refractivity contribution >= 4 is 46.7 Å². The van der Waals surface area contributed by atoms with Gasteiger partial charge in [-0.3, -0.25) is 4.79 Å². The number of rotatable bonds is 5. The SMILES string of the molecule is CCn1ncc(C(=O)c2cc(C)c3c(c2C)C(C)(C)CCS3)c1OC(=O)c1ccc(Cl)cc1Cl. The van der Waals surface area contributed by atoms with Crippen molar-refractivity contribution in [2.45, 2.75) is 57.9 Å². The van der Waals surface area contributed by atoms with Crippen molar-refractivity contribution in [1.82, 2.24) is 9.78 Å². The third-order valence-corrected chi connectivity index (χ3v) is 8.07. The highest BCUT2D eigenvalue weighted by Gasteiger charge is 2.34. The van der Waals surface area contributed by atoms with E-state index < -0.39 is 5.97 Å². The molecule has 0 spiro atoms. The zero-order valence-electron chi connectivity index (χ0n) is 19.8. The number of thioether (sulfide) groups is 1. The number of halogens is 2. The fourth-order valence-electron chi connectivity index (χ4n) is 4.47. The fourth-order valence-corrected chi connectivity index (χ4v) is 6.63. The summed E-state index contributed by atoms with van der Waals surface area (Å²) in [6, 6.07) is 6.47. The second kappa shape index (κ2) is 9.40. The van der Waals surface area contributed by atoms with E-state index in [0.29, 0.717) is 17.1 Å². The number of benzene rings is 2. The van der Waals surface area contributed by atoms with Gasteiger partial charge in [-0.25, -0.2) is 9.48 Å². The second-order valence-electron chi connectivity index (χ2n) is 9.07. The van der Waals surface area contributed by atoms with E-state index in [4.69, 9.17) is 27.9 Å². The molecule has 0 unspecified atom stereocenters. The topological polar surface area (TPSA) is 61.2 Å². The molecule has 8 heteroatoms. The number of hydrogen-bond acceptors (Lipinski definition) is 5. The molecule has 0 atom stereocenters. The lowest BCUT2D eigenvalue weighted by Gasteiger charge is -2.35. The van der Waals surface area contributed by atoms with Crippen LogP contribution in [0.5, 0.6) is 5.88 Å². The van der Waals surface area contributed by atoms with Crippen LogP contribution in [0.4, 0.5) is 0 Å². The Morgan fingerprint density at radius 1 is 1.15 bits per heavy atom. The van der Waals surface area contributed by atoms with E-state index in [1.807, 2.05) is 38.6 Å². The summed E-state index contributed by atoms with van der Waals surface area (Å²) < 4.78 is 7.19. The number of carbonyl (C=O) groups is 2. The average molecular weight is 517 g/mol. The number of ketones is 1. The molecule has 0 radical (unpaired) electrons. The summed E-state index contributed by atoms with van der Waals surface area (Å²) in [5.74, 6) is 0.262. The molecule has 1 aromatic heterocycles. The van der Waals surface area contributed by atoms with Crippen LogP contribution in [0.2, 0.25) is 10.0 Å². The molecule has 3 aromatic rings. The maximum Gasteiger partial charge on any atom is 0.346 e. The van der Waals surface area contributed by atoms with Crippen LogP contribution < -0.4 is 4.74 Å². The first kappa shape index (κ1) is 24.8. The summed E-state index contributed by atoms with van der Waals surface area (Å²) >= 11 is 14.0. The van der Waals surface area contributed by atoms with Gasteiger partial charge in [0.15, 0.2) is 5.78 Å². The first-order chi connectivity index (χ1) is 16.0. The van der Waals surface area contributed by atoms with Gasteiger partial charge < -0.3 is 4.74 Å². The number of aromatic nitrogens is 2. The van der Waals surface area contributed by atoms with Crippen LogP contribution in [0.3, 0.4) is 0 Å². The van der Waals surface area contributed by atoms with Crippen molar-refractivity contribution < 1.29 is 14.3 Å². The molecule has 2 aromatic carbocycles. The minimum atomic E-state index is -0.679. The normalized spacial score (nSPS) is 14.6. The average Bonchev–Trinajstić information content (AvgIpc) is 3.17. The van der Waals surface area contributed by atoms with Gasteiger partial charge in [-0.15, -0.1) is 11.8 Å². The Balaban J connectivity index is 1.77. The van der Waals surface area contributed by atoms with Gasteiger partial charge in [0.25, 0.3) is 0 Å². The van der Waals surface area contributed by atoms with E-state index in [2.05, 4.69) is 18.9 Å². The first-order valence-corrected chi connectivity index (χ1v) is 12.8. The lowest BCUT2D eigenvalue weighted by Crippen LogP contribution is -2.26. The Bertz CT molecular complexity index is 1310. The molecule has 0 fully saturated rings. The zero-order chi connectivity index (χ0) is 24.8. The maximum absolute atomic E-state index is 13.8. The van der Waals surface area contributed by atoms with Crippen molar-refractivity contribution in [2.24, 2.45) is 0 Å². The summed E-state index contributed by atoms with van der Waals surface area (Å²) in [7, 11) is 0. The van der Waals surface area contributed by atoms with Gasteiger partial charge in [0.1, 0.15) is 5.56 Å². The number of ether oxygens (including phenoxy) is 1. The minimum absolute atomic E-state index is 0.0278. The number of fused-ring (bicyclic) bond motifs is 1. The molecule has 0 saturated carbocycles. The number of carbonyl (C=O) groups excluding carboxylic acids is 2. The smallest absolute Gasteiger partial charge is 0.346 e. The summed E-state index contributed by atoms with van der Waals surface area (Å²) in [5, 5.41) is 4.88. The van der Waals surface area contributed by atoms with Crippen LogP contribution in [0.25, 0.3) is 0 Å². The molecule has 2 heterocycles. The van der Waals surface area contributed by atoms with Gasteiger partial charge in [0.2, 0.25) is 5.88 Å². The van der Waals surface area contributed by atoms with Crippen molar-refractivity contribution in [2.75, 3.05) is 5.75 Å². The first-order valence-electron chi connectivity index (χ1n) is 11.1. The highest BCUT2D eigenvalue weighted by Crippen LogP contribution is 2.46. The summed E-state index contributed by atoms with van der Waals surface area (Å²) in [4.78, 5) is 28.0. The van der Waals surface area contributed by atoms with Gasteiger partial charge >= 0.3 is 5.97 Å². The van der Waals surface area contributed by atoms with Gasteiger partial charge in [-0.2, -0.15) is 5.10 Å². The molecule has 0 saturated heterocycles. The maximum atomic E-state index is 13.8. The number of hydrogen-bond donors (Lipinski definition) is 0. The van der Waals surface area contributed by atoms with E-state index >= 15 is 0 Å². The van der Waals surface area contributed by atoms with Crippen LogP contribution in [0.15, 0.2) is 35.4 Å². The predicted octanol–water partition coefficient (Wildman–Crippen LogP) is 7.05. The van der Waals surface area contributed by atoms with Gasteiger partial charge in [-0.05, 0) is 79.3 Å². The molecule has 1 aliphatic rings. The van der Waals surface area contributed by atoms with Crippen molar-refractivity contribution in [3.05, 3.63) is 73.9 Å². The van der Waals surface area contributed by atoms with Crippen molar-refractivity contribution in [1.29, 1.82) is 0 Å². The zero-order valence-corrected chi connectivity index (χ0v) is 22.1. The van der Waals surface area contributed by atoms with Crippen LogP contribution >= 0.6 is 35.0 Å². The largest absolute Gasteiger partial charge is 0.403 e. The lowest BCUT2D eigenvalue weighted by molar-refractivity contribution is 0.0717. The third-order valence-electron chi connectivity index (χ3n) is 6.30. The third kappa shape index (κ3) is 4.39. The molecule has 34 heavy (non-hydrogen) atoms. The van der Waals surface area contributed by atoms with E-state index in [-0.39, 0.29) is 33.2 Å². The highest BCUT2D eigenvalue weighted by molar-refractivity contribution is 7.99. The van der Waals surface area contributed by atoms with Crippen LogP contribution in [-0.4, -0.2) is 27.3 Å². The minimum Gasteiger partial charge on any atom is -0.403 e. The molecule has 0 amide bonds. The Morgan fingerprint density at radius 2 is 1.88 bits per heavy atom. The molecular weight excluding hydrogens is 491 g/mol. The lowest BCUT2D eigenvalue weighted by atomic mass is 9.77. The fraction of sp³-hybridized carbons (Fsp3) is 0.346. The van der Waals surface area contributed by atoms with E-state index in [0.717, 1.165) is 23.3 Å². The molecular formula is C26H26Cl2N2O3S. The van der Waals surface area contributed by atoms with E-state index in [9.17, 15) is 9.59 Å². The van der Waals surface area contributed by atoms with E-state index in [1.54, 1.807) is 6.07 Å². The van der Waals surface area contributed by atoms with Gasteiger partial charge in [0, 0.05) is 22.0 Å². The Hall–Kier alpha value is -2.28. The molecule has 1 aliphatic heterocycles. The Kier molecular flexibility index (Phi) is 6.87. The quantitative estimate of drug-likeness (QED) is 0.268. The molecule has 4 rings (SSSR count). The van der Waals surface area contributed by atoms with Gasteiger partial charge in [0.05, 0.1) is 16.8 Å². The molecule has 0 aliphatic carbocycles. The second-order valence-corrected chi connectivity index (χ2v) is 11.0. The van der Waals surface area contributed by atoms with Crippen LogP contribution in [-0.2, 0) is 12.0 Å². The number of esters is 1. The Morgan fingerprint density at radius 3 is 2.56 bits per heavy atom. The predicted molar refractivity (Wildman–Crippen MR) is 137 cm³/mol. The summed E-state index contributed by atoms with van der Waals surface area (Å²) in [6.07, 6.45) is 2.51. The number of aryl methyl sites for hydroxylation is 2. The molecule has 0 N–H and O–H groups in total. The van der Waals surface area contributed by atoms with Crippen molar-refractivity contribution in [3.63, 3.8) is 0 Å². The summed E-state index contributed by atoms with van der Waals surface area (Å²) in [6.45, 7) is 10.8. The molecule has 178 valence electrons. The number of nitrogens with zero attached hydrogens (tertiary/aromatic N) is 2. The highest BCUT2D eigenvalue weighted by atomic mass is 35.5. The van der Waals surface area contributed by atoms with Crippen LogP contribution in [0.1, 0.15) is 70.2 Å². The van der Waals surface area contributed by atoms with E-state index in [1.165, 1.54) is 33.5 Å². The summed E-state index contributed by atoms with van der Waals surface area (Å²) in [5.41, 5.74) is 4.24. The Labute approximate surface area is 213 Å². The van der Waals surface area contributed by atoms with Crippen LogP contribution in [0, 0.1) is 13.8 Å².